The summed E-state index contributed by atoms with van der Waals surface area (Å²) < 4.78 is 5.76. The van der Waals surface area contributed by atoms with Crippen LogP contribution >= 0.6 is 0 Å². The summed E-state index contributed by atoms with van der Waals surface area (Å²) in [5.74, 6) is 0.821. The number of hydrogen-bond donors (Lipinski definition) is 1. The highest BCUT2D eigenvalue weighted by molar-refractivity contribution is 5.95. The lowest BCUT2D eigenvalue weighted by molar-refractivity contribution is -0.0303. The fourth-order valence-electron chi connectivity index (χ4n) is 2.88. The Bertz CT molecular complexity index is 491. The largest absolute Gasteiger partial charge is 0.373 e. The highest BCUT2D eigenvalue weighted by atomic mass is 16.5. The predicted molar refractivity (Wildman–Crippen MR) is 72.3 cm³/mol. The third kappa shape index (κ3) is 2.42. The molecule has 0 radical (unpaired) electrons. The van der Waals surface area contributed by atoms with Crippen LogP contribution in [0, 0.1) is 6.92 Å². The van der Waals surface area contributed by atoms with Gasteiger partial charge in [-0.25, -0.2) is 4.98 Å². The van der Waals surface area contributed by atoms with Gasteiger partial charge in [0.05, 0.1) is 12.2 Å². The average molecular weight is 261 g/mol. The van der Waals surface area contributed by atoms with Crippen LogP contribution < -0.4 is 5.32 Å². The monoisotopic (exact) mass is 261 g/mol. The van der Waals surface area contributed by atoms with Crippen LogP contribution in [0.1, 0.15) is 28.9 Å². The van der Waals surface area contributed by atoms with Crippen LogP contribution in [-0.2, 0) is 4.74 Å². The number of likely N-dealkylation sites (tertiary alicyclic amines) is 1. The second-order valence-corrected chi connectivity index (χ2v) is 5.30. The average Bonchev–Trinajstić information content (AvgIpc) is 2.75. The van der Waals surface area contributed by atoms with Gasteiger partial charge in [-0.2, -0.15) is 0 Å². The maximum absolute atomic E-state index is 12.6. The number of pyridine rings is 1. The Kier molecular flexibility index (Phi) is 3.14. The van der Waals surface area contributed by atoms with E-state index in [0.29, 0.717) is 18.7 Å². The van der Waals surface area contributed by atoms with Crippen molar-refractivity contribution in [1.82, 2.24) is 9.88 Å². The number of nitrogens with zero attached hydrogens (tertiary/aromatic N) is 2. The first-order chi connectivity index (χ1) is 9.15. The number of aromatic nitrogens is 1. The molecular formula is C14H19N3O2. The summed E-state index contributed by atoms with van der Waals surface area (Å²) in [4.78, 5) is 18.8. The third-order valence-corrected chi connectivity index (χ3v) is 3.79. The van der Waals surface area contributed by atoms with Crippen LogP contribution in [0.5, 0.6) is 0 Å². The van der Waals surface area contributed by atoms with Crippen LogP contribution in [-0.4, -0.2) is 48.1 Å². The molecule has 5 heteroatoms. The van der Waals surface area contributed by atoms with Crippen LogP contribution in [0.4, 0.5) is 5.82 Å². The van der Waals surface area contributed by atoms with Gasteiger partial charge in [-0.05, 0) is 31.9 Å². The first-order valence-corrected chi connectivity index (χ1v) is 6.77. The van der Waals surface area contributed by atoms with Gasteiger partial charge in [0.1, 0.15) is 5.82 Å². The Balaban J connectivity index is 1.81. The van der Waals surface area contributed by atoms with Crippen molar-refractivity contribution in [3.05, 3.63) is 23.4 Å². The van der Waals surface area contributed by atoms with E-state index in [1.807, 2.05) is 31.0 Å². The van der Waals surface area contributed by atoms with Gasteiger partial charge in [-0.3, -0.25) is 4.79 Å². The number of amides is 1. The van der Waals surface area contributed by atoms with E-state index in [2.05, 4.69) is 10.3 Å². The first kappa shape index (κ1) is 12.4. The molecule has 1 aromatic heterocycles. The second kappa shape index (κ2) is 4.81. The number of rotatable bonds is 2. The summed E-state index contributed by atoms with van der Waals surface area (Å²) in [7, 11) is 1.81. The molecule has 2 unspecified atom stereocenters. The van der Waals surface area contributed by atoms with Crippen molar-refractivity contribution in [2.45, 2.75) is 32.0 Å². The lowest BCUT2D eigenvalue weighted by Gasteiger charge is -2.32. The van der Waals surface area contributed by atoms with E-state index < -0.39 is 0 Å². The summed E-state index contributed by atoms with van der Waals surface area (Å²) in [6.07, 6.45) is 2.61. The van der Waals surface area contributed by atoms with E-state index in [1.165, 1.54) is 0 Å². The molecule has 5 nitrogen and oxygen atoms in total. The van der Waals surface area contributed by atoms with Crippen LogP contribution in [0.2, 0.25) is 0 Å². The topological polar surface area (TPSA) is 54.5 Å². The summed E-state index contributed by atoms with van der Waals surface area (Å²) in [5, 5.41) is 2.99. The van der Waals surface area contributed by atoms with Gasteiger partial charge < -0.3 is 15.0 Å². The molecule has 0 aliphatic carbocycles. The number of anilines is 1. The quantitative estimate of drug-likeness (QED) is 0.875. The Hall–Kier alpha value is -1.62. The van der Waals surface area contributed by atoms with Gasteiger partial charge in [-0.1, -0.05) is 0 Å². The molecule has 2 aliphatic heterocycles. The van der Waals surface area contributed by atoms with Crippen molar-refractivity contribution in [2.24, 2.45) is 0 Å². The molecule has 1 amide bonds. The zero-order valence-electron chi connectivity index (χ0n) is 11.3. The van der Waals surface area contributed by atoms with Gasteiger partial charge in [0.2, 0.25) is 0 Å². The fourth-order valence-corrected chi connectivity index (χ4v) is 2.88. The van der Waals surface area contributed by atoms with Crippen molar-refractivity contribution in [3.63, 3.8) is 0 Å². The number of hydrogen-bond acceptors (Lipinski definition) is 4. The van der Waals surface area contributed by atoms with Crippen LogP contribution in [0.3, 0.4) is 0 Å². The number of aryl methyl sites for hydroxylation is 1. The SMILES string of the molecule is CNc1cc(C(=O)N2CC3CCC(C2)O3)cc(C)n1. The summed E-state index contributed by atoms with van der Waals surface area (Å²) in [6.45, 7) is 3.33. The number of carbonyl (C=O) groups excluding carboxylic acids is 1. The predicted octanol–water partition coefficient (Wildman–Crippen LogP) is 1.44. The molecule has 0 aromatic carbocycles. The lowest BCUT2D eigenvalue weighted by Crippen LogP contribution is -2.45. The van der Waals surface area contributed by atoms with Crippen LogP contribution in [0.15, 0.2) is 12.1 Å². The van der Waals surface area contributed by atoms with E-state index in [9.17, 15) is 4.79 Å². The molecule has 3 rings (SSSR count). The van der Waals surface area contributed by atoms with Crippen molar-refractivity contribution < 1.29 is 9.53 Å². The number of carbonyl (C=O) groups is 1. The summed E-state index contributed by atoms with van der Waals surface area (Å²) in [6, 6.07) is 3.66. The lowest BCUT2D eigenvalue weighted by atomic mass is 10.1. The molecule has 102 valence electrons. The van der Waals surface area contributed by atoms with Crippen LogP contribution in [0.25, 0.3) is 0 Å². The third-order valence-electron chi connectivity index (χ3n) is 3.79. The van der Waals surface area contributed by atoms with E-state index in [4.69, 9.17) is 4.74 Å². The Morgan fingerprint density at radius 3 is 2.68 bits per heavy atom. The zero-order valence-corrected chi connectivity index (χ0v) is 11.3. The van der Waals surface area contributed by atoms with Crippen molar-refractivity contribution in [3.8, 4) is 0 Å². The highest BCUT2D eigenvalue weighted by Crippen LogP contribution is 2.27. The Labute approximate surface area is 113 Å². The number of morpholine rings is 1. The van der Waals surface area contributed by atoms with E-state index in [-0.39, 0.29) is 18.1 Å². The molecular weight excluding hydrogens is 242 g/mol. The smallest absolute Gasteiger partial charge is 0.254 e. The second-order valence-electron chi connectivity index (χ2n) is 5.30. The van der Waals surface area contributed by atoms with E-state index in [1.54, 1.807) is 0 Å². The first-order valence-electron chi connectivity index (χ1n) is 6.77. The molecule has 1 N–H and O–H groups in total. The molecule has 0 saturated carbocycles. The van der Waals surface area contributed by atoms with Crippen molar-refractivity contribution >= 4 is 11.7 Å². The fraction of sp³-hybridized carbons (Fsp3) is 0.571. The maximum Gasteiger partial charge on any atom is 0.254 e. The van der Waals surface area contributed by atoms with Gasteiger partial charge in [-0.15, -0.1) is 0 Å². The normalized spacial score (nSPS) is 25.5. The highest BCUT2D eigenvalue weighted by Gasteiger charge is 2.36. The minimum absolute atomic E-state index is 0.0854. The molecule has 2 bridgehead atoms. The van der Waals surface area contributed by atoms with Gasteiger partial charge in [0.15, 0.2) is 0 Å². The number of fused-ring (bicyclic) bond motifs is 2. The van der Waals surface area contributed by atoms with Gasteiger partial charge >= 0.3 is 0 Å². The molecule has 1 aromatic rings. The maximum atomic E-state index is 12.6. The molecule has 0 spiro atoms. The minimum Gasteiger partial charge on any atom is -0.373 e. The summed E-state index contributed by atoms with van der Waals surface area (Å²) >= 11 is 0. The molecule has 2 atom stereocenters. The van der Waals surface area contributed by atoms with Gasteiger partial charge in [0, 0.05) is 31.4 Å². The molecule has 2 aliphatic rings. The molecule has 2 fully saturated rings. The summed E-state index contributed by atoms with van der Waals surface area (Å²) in [5.41, 5.74) is 1.56. The molecule has 2 saturated heterocycles. The zero-order chi connectivity index (χ0) is 13.4. The van der Waals surface area contributed by atoms with E-state index >= 15 is 0 Å². The Morgan fingerprint density at radius 2 is 2.05 bits per heavy atom. The Morgan fingerprint density at radius 1 is 1.37 bits per heavy atom. The van der Waals surface area contributed by atoms with Crippen molar-refractivity contribution in [2.75, 3.05) is 25.5 Å². The molecule has 19 heavy (non-hydrogen) atoms. The molecule has 3 heterocycles. The standard InChI is InChI=1S/C14H19N3O2/c1-9-5-10(6-13(15-2)16-9)14(18)17-7-11-3-4-12(8-17)19-11/h5-6,11-12H,3-4,7-8H2,1-2H3,(H,15,16). The van der Waals surface area contributed by atoms with E-state index in [0.717, 1.165) is 24.4 Å². The number of nitrogens with one attached hydrogen (secondary N) is 1. The minimum atomic E-state index is 0.0854. The number of ether oxygens (including phenoxy) is 1. The van der Waals surface area contributed by atoms with Gasteiger partial charge in [0.25, 0.3) is 5.91 Å². The van der Waals surface area contributed by atoms with Crippen molar-refractivity contribution in [1.29, 1.82) is 0 Å².